The van der Waals surface area contributed by atoms with Gasteiger partial charge in [-0.25, -0.2) is 4.98 Å². The van der Waals surface area contributed by atoms with Crippen molar-refractivity contribution in [3.8, 4) is 0 Å². The number of non-ortho nitro benzene ring substituents is 1. The normalized spacial score (nSPS) is 15.2. The van der Waals surface area contributed by atoms with E-state index in [0.717, 1.165) is 29.9 Å². The Labute approximate surface area is 155 Å². The number of H-pyrrole nitrogens is 1. The van der Waals surface area contributed by atoms with Gasteiger partial charge >= 0.3 is 0 Å². The first-order valence-corrected chi connectivity index (χ1v) is 8.80. The van der Waals surface area contributed by atoms with E-state index in [1.54, 1.807) is 4.90 Å². The minimum atomic E-state index is -0.467. The molecule has 8 heteroatoms. The number of para-hydroxylation sites is 2. The fourth-order valence-electron chi connectivity index (χ4n) is 3.31. The van der Waals surface area contributed by atoms with Crippen LogP contribution in [0.1, 0.15) is 16.2 Å². The summed E-state index contributed by atoms with van der Waals surface area (Å²) in [6, 6.07) is 13.7. The lowest BCUT2D eigenvalue weighted by Gasteiger charge is -2.34. The molecule has 0 radical (unpaired) electrons. The molecule has 1 fully saturated rings. The lowest BCUT2D eigenvalue weighted by Crippen LogP contribution is -2.48. The number of nitrogens with one attached hydrogen (secondary N) is 1. The van der Waals surface area contributed by atoms with E-state index in [4.69, 9.17) is 0 Å². The zero-order chi connectivity index (χ0) is 18.8. The summed E-state index contributed by atoms with van der Waals surface area (Å²) in [5.41, 5.74) is 2.45. The van der Waals surface area contributed by atoms with Crippen molar-refractivity contribution in [2.45, 2.75) is 6.54 Å². The topological polar surface area (TPSA) is 95.4 Å². The van der Waals surface area contributed by atoms with Crippen LogP contribution in [0.3, 0.4) is 0 Å². The largest absolute Gasteiger partial charge is 0.341 e. The van der Waals surface area contributed by atoms with E-state index in [9.17, 15) is 14.9 Å². The maximum absolute atomic E-state index is 12.6. The number of benzene rings is 2. The molecule has 0 atom stereocenters. The molecule has 1 amide bonds. The molecule has 27 heavy (non-hydrogen) atoms. The van der Waals surface area contributed by atoms with E-state index < -0.39 is 4.92 Å². The van der Waals surface area contributed by atoms with Gasteiger partial charge in [0.1, 0.15) is 5.82 Å². The van der Waals surface area contributed by atoms with Crippen molar-refractivity contribution in [1.82, 2.24) is 19.8 Å². The number of imidazole rings is 1. The standard InChI is InChI=1S/C19H19N5O3/c25-19(14-5-7-15(8-6-14)24(26)27)23-11-9-22(10-12-23)13-18-20-16-3-1-2-4-17(16)21-18/h1-8H,9-13H2,(H,20,21). The summed E-state index contributed by atoms with van der Waals surface area (Å²) < 4.78 is 0. The second-order valence-electron chi connectivity index (χ2n) is 6.57. The zero-order valence-electron chi connectivity index (χ0n) is 14.7. The average molecular weight is 365 g/mol. The highest BCUT2D eigenvalue weighted by atomic mass is 16.6. The molecule has 3 aromatic rings. The minimum absolute atomic E-state index is 0.0118. The smallest absolute Gasteiger partial charge is 0.269 e. The first-order valence-electron chi connectivity index (χ1n) is 8.80. The Balaban J connectivity index is 1.35. The van der Waals surface area contributed by atoms with Gasteiger partial charge in [-0.3, -0.25) is 19.8 Å². The monoisotopic (exact) mass is 365 g/mol. The van der Waals surface area contributed by atoms with Crippen molar-refractivity contribution in [1.29, 1.82) is 0 Å². The molecule has 0 bridgehead atoms. The van der Waals surface area contributed by atoms with Crippen LogP contribution >= 0.6 is 0 Å². The van der Waals surface area contributed by atoms with Crippen LogP contribution in [0, 0.1) is 10.1 Å². The summed E-state index contributed by atoms with van der Waals surface area (Å²) in [6.07, 6.45) is 0. The van der Waals surface area contributed by atoms with Gasteiger partial charge in [0.2, 0.25) is 0 Å². The molecule has 1 aromatic heterocycles. The van der Waals surface area contributed by atoms with E-state index in [1.807, 2.05) is 24.3 Å². The average Bonchev–Trinajstić information content (AvgIpc) is 3.10. The fraction of sp³-hybridized carbons (Fsp3) is 0.263. The Bertz CT molecular complexity index is 941. The SMILES string of the molecule is O=C(c1ccc([N+](=O)[O-])cc1)N1CCN(Cc2nc3ccccc3[nH]2)CC1. The number of amides is 1. The fourth-order valence-corrected chi connectivity index (χ4v) is 3.31. The molecule has 2 aromatic carbocycles. The number of nitro benzene ring substituents is 1. The first kappa shape index (κ1) is 17.2. The van der Waals surface area contributed by atoms with E-state index in [-0.39, 0.29) is 11.6 Å². The number of hydrogen-bond donors (Lipinski definition) is 1. The molecule has 1 aliphatic rings. The second-order valence-corrected chi connectivity index (χ2v) is 6.57. The van der Waals surface area contributed by atoms with Gasteiger partial charge in [0.25, 0.3) is 11.6 Å². The first-order chi connectivity index (χ1) is 13.1. The molecule has 1 N–H and O–H groups in total. The van der Waals surface area contributed by atoms with Crippen LogP contribution in [0.25, 0.3) is 11.0 Å². The summed E-state index contributed by atoms with van der Waals surface area (Å²) in [6.45, 7) is 3.48. The van der Waals surface area contributed by atoms with Crippen LogP contribution in [-0.2, 0) is 6.54 Å². The van der Waals surface area contributed by atoms with Crippen LogP contribution < -0.4 is 0 Å². The van der Waals surface area contributed by atoms with Gasteiger partial charge in [0.15, 0.2) is 0 Å². The van der Waals surface area contributed by atoms with Gasteiger partial charge in [-0.2, -0.15) is 0 Å². The molecule has 1 aliphatic heterocycles. The van der Waals surface area contributed by atoms with Crippen molar-refractivity contribution in [3.63, 3.8) is 0 Å². The van der Waals surface area contributed by atoms with Gasteiger partial charge < -0.3 is 9.88 Å². The van der Waals surface area contributed by atoms with Crippen LogP contribution in [-0.4, -0.2) is 56.8 Å². The summed E-state index contributed by atoms with van der Waals surface area (Å²) in [4.78, 5) is 34.8. The predicted molar refractivity (Wildman–Crippen MR) is 100 cm³/mol. The quantitative estimate of drug-likeness (QED) is 0.566. The van der Waals surface area contributed by atoms with Crippen molar-refractivity contribution in [3.05, 3.63) is 70.0 Å². The van der Waals surface area contributed by atoms with E-state index >= 15 is 0 Å². The van der Waals surface area contributed by atoms with Crippen LogP contribution in [0.2, 0.25) is 0 Å². The van der Waals surface area contributed by atoms with Crippen molar-refractivity contribution in [2.24, 2.45) is 0 Å². The van der Waals surface area contributed by atoms with Gasteiger partial charge in [0.05, 0.1) is 22.5 Å². The van der Waals surface area contributed by atoms with Gasteiger partial charge in [-0.1, -0.05) is 12.1 Å². The second kappa shape index (κ2) is 7.16. The van der Waals surface area contributed by atoms with E-state index in [1.165, 1.54) is 24.3 Å². The number of nitro groups is 1. The maximum atomic E-state index is 12.6. The number of piperazine rings is 1. The van der Waals surface area contributed by atoms with Gasteiger partial charge in [-0.05, 0) is 24.3 Å². The highest BCUT2D eigenvalue weighted by Gasteiger charge is 2.23. The number of carbonyl (C=O) groups excluding carboxylic acids is 1. The maximum Gasteiger partial charge on any atom is 0.269 e. The van der Waals surface area contributed by atoms with Crippen LogP contribution in [0.4, 0.5) is 5.69 Å². The van der Waals surface area contributed by atoms with Crippen molar-refractivity contribution in [2.75, 3.05) is 26.2 Å². The Hall–Kier alpha value is -3.26. The number of aromatic amines is 1. The number of carbonyl (C=O) groups is 1. The Kier molecular flexibility index (Phi) is 4.55. The third-order valence-electron chi connectivity index (χ3n) is 4.80. The number of rotatable bonds is 4. The molecule has 8 nitrogen and oxygen atoms in total. The number of hydrogen-bond acceptors (Lipinski definition) is 5. The summed E-state index contributed by atoms with van der Waals surface area (Å²) in [7, 11) is 0. The number of aromatic nitrogens is 2. The highest BCUT2D eigenvalue weighted by molar-refractivity contribution is 5.94. The van der Waals surface area contributed by atoms with Crippen LogP contribution in [0.5, 0.6) is 0 Å². The molecule has 0 aliphatic carbocycles. The van der Waals surface area contributed by atoms with Crippen LogP contribution in [0.15, 0.2) is 48.5 Å². The molecular formula is C19H19N5O3. The lowest BCUT2D eigenvalue weighted by atomic mass is 10.1. The Morgan fingerprint density at radius 1 is 1.07 bits per heavy atom. The third-order valence-corrected chi connectivity index (χ3v) is 4.80. The van der Waals surface area contributed by atoms with Crippen molar-refractivity contribution < 1.29 is 9.72 Å². The number of nitrogens with zero attached hydrogens (tertiary/aromatic N) is 4. The summed E-state index contributed by atoms with van der Waals surface area (Å²) in [5, 5.41) is 10.7. The molecular weight excluding hydrogens is 346 g/mol. The molecule has 2 heterocycles. The number of fused-ring (bicyclic) bond motifs is 1. The van der Waals surface area contributed by atoms with Gasteiger partial charge in [-0.15, -0.1) is 0 Å². The summed E-state index contributed by atoms with van der Waals surface area (Å²) >= 11 is 0. The van der Waals surface area contributed by atoms with Gasteiger partial charge in [0, 0.05) is 43.9 Å². The van der Waals surface area contributed by atoms with E-state index in [2.05, 4.69) is 14.9 Å². The predicted octanol–water partition coefficient (Wildman–Crippen LogP) is 2.43. The van der Waals surface area contributed by atoms with Crippen molar-refractivity contribution >= 4 is 22.6 Å². The Morgan fingerprint density at radius 3 is 2.44 bits per heavy atom. The molecule has 138 valence electrons. The molecule has 1 saturated heterocycles. The highest BCUT2D eigenvalue weighted by Crippen LogP contribution is 2.16. The van der Waals surface area contributed by atoms with E-state index in [0.29, 0.717) is 25.2 Å². The Morgan fingerprint density at radius 2 is 1.78 bits per heavy atom. The minimum Gasteiger partial charge on any atom is -0.341 e. The zero-order valence-corrected chi connectivity index (χ0v) is 14.7. The molecule has 0 unspecified atom stereocenters. The third kappa shape index (κ3) is 3.65. The summed E-state index contributed by atoms with van der Waals surface area (Å²) in [5.74, 6) is 0.833. The molecule has 4 rings (SSSR count). The lowest BCUT2D eigenvalue weighted by molar-refractivity contribution is -0.384. The molecule has 0 spiro atoms. The molecule has 0 saturated carbocycles.